The molecule has 2 heterocycles. The van der Waals surface area contributed by atoms with Crippen LogP contribution in [-0.4, -0.2) is 57.7 Å². The lowest BCUT2D eigenvalue weighted by molar-refractivity contribution is -0.396. The van der Waals surface area contributed by atoms with Gasteiger partial charge in [0.25, 0.3) is 0 Å². The summed E-state index contributed by atoms with van der Waals surface area (Å²) in [5.41, 5.74) is 0.677. The van der Waals surface area contributed by atoms with Crippen molar-refractivity contribution < 1.29 is 18.5 Å². The second kappa shape index (κ2) is 13.9. The fourth-order valence-electron chi connectivity index (χ4n) is 5.76. The van der Waals surface area contributed by atoms with E-state index in [-0.39, 0.29) is 12.6 Å². The van der Waals surface area contributed by atoms with Crippen LogP contribution in [0.5, 0.6) is 0 Å². The topological polar surface area (TPSA) is 110 Å². The maximum Gasteiger partial charge on any atom is 0.434 e. The average molecular weight is 625 g/mol. The second-order valence-electron chi connectivity index (χ2n) is 10.8. The Labute approximate surface area is 260 Å². The van der Waals surface area contributed by atoms with Crippen LogP contribution >= 0.6 is 0 Å². The standard InChI is InChI=1S/C33H33FN6O4Si/c34-45(31-14-5-10-26-8-1-3-12-29(26)31,32-15-6-11-27-9-2-4-13-30(27)32)23-7-17-39-24-28(36-37-39)25-44-22-21-43-20-19-38-18-16-35-33(38)40(41)42/h1-6,8-16,18,24H,7,17,19-23,25H2. The van der Waals surface area contributed by atoms with Crippen LogP contribution in [0, 0.1) is 10.1 Å². The highest BCUT2D eigenvalue weighted by molar-refractivity contribution is 6.99. The van der Waals surface area contributed by atoms with Crippen molar-refractivity contribution in [2.24, 2.45) is 0 Å². The normalized spacial score (nSPS) is 11.8. The molecule has 0 fully saturated rings. The Kier molecular flexibility index (Phi) is 9.34. The first kappa shape index (κ1) is 30.3. The summed E-state index contributed by atoms with van der Waals surface area (Å²) in [7, 11) is -3.68. The summed E-state index contributed by atoms with van der Waals surface area (Å²) in [4.78, 5) is 14.1. The van der Waals surface area contributed by atoms with Gasteiger partial charge < -0.3 is 23.7 Å². The molecule has 45 heavy (non-hydrogen) atoms. The van der Waals surface area contributed by atoms with Crippen LogP contribution in [-0.2, 0) is 29.2 Å². The summed E-state index contributed by atoms with van der Waals surface area (Å²) in [6, 6.07) is 28.4. The molecule has 0 spiro atoms. The molecule has 10 nitrogen and oxygen atoms in total. The van der Waals surface area contributed by atoms with E-state index in [0.29, 0.717) is 51.1 Å². The lowest BCUT2D eigenvalue weighted by Gasteiger charge is -2.26. The van der Waals surface area contributed by atoms with Gasteiger partial charge in [0.05, 0.1) is 39.2 Å². The molecule has 6 rings (SSSR count). The molecule has 12 heteroatoms. The maximum absolute atomic E-state index is 17.9. The number of halogens is 1. The first-order valence-electron chi connectivity index (χ1n) is 14.9. The maximum atomic E-state index is 17.9. The van der Waals surface area contributed by atoms with Gasteiger partial charge in [-0.1, -0.05) is 95.1 Å². The van der Waals surface area contributed by atoms with Crippen molar-refractivity contribution in [3.8, 4) is 0 Å². The highest BCUT2D eigenvalue weighted by Gasteiger charge is 2.41. The van der Waals surface area contributed by atoms with Crippen LogP contribution in [0.2, 0.25) is 6.04 Å². The minimum Gasteiger partial charge on any atom is -0.390 e. The Morgan fingerprint density at radius 1 is 0.822 bits per heavy atom. The number of imidazole rings is 1. The fraction of sp³-hybridized carbons (Fsp3) is 0.242. The number of fused-ring (bicyclic) bond motifs is 2. The monoisotopic (exact) mass is 624 g/mol. The van der Waals surface area contributed by atoms with Crippen molar-refractivity contribution in [3.63, 3.8) is 0 Å². The summed E-state index contributed by atoms with van der Waals surface area (Å²) in [6.07, 6.45) is 5.36. The zero-order chi connectivity index (χ0) is 31.1. The van der Waals surface area contributed by atoms with Gasteiger partial charge in [0, 0.05) is 6.54 Å². The van der Waals surface area contributed by atoms with Gasteiger partial charge in [-0.15, -0.1) is 5.10 Å². The number of aryl methyl sites for hydroxylation is 1. The number of aromatic nitrogens is 5. The van der Waals surface area contributed by atoms with E-state index in [9.17, 15) is 10.1 Å². The first-order chi connectivity index (χ1) is 22.0. The van der Waals surface area contributed by atoms with Gasteiger partial charge in [-0.2, -0.15) is 0 Å². The van der Waals surface area contributed by atoms with Crippen LogP contribution in [0.3, 0.4) is 0 Å². The van der Waals surface area contributed by atoms with E-state index >= 15 is 4.11 Å². The number of rotatable bonds is 15. The lowest BCUT2D eigenvalue weighted by Crippen LogP contribution is -2.55. The van der Waals surface area contributed by atoms with E-state index in [1.54, 1.807) is 10.9 Å². The van der Waals surface area contributed by atoms with Gasteiger partial charge in [0.1, 0.15) is 18.1 Å². The quantitative estimate of drug-likeness (QED) is 0.0518. The largest absolute Gasteiger partial charge is 0.434 e. The second-order valence-corrected chi connectivity index (χ2v) is 14.0. The molecule has 0 N–H and O–H groups in total. The van der Waals surface area contributed by atoms with Crippen molar-refractivity contribution >= 4 is 46.3 Å². The molecule has 230 valence electrons. The van der Waals surface area contributed by atoms with Gasteiger partial charge in [0.2, 0.25) is 0 Å². The first-order valence-corrected chi connectivity index (χ1v) is 17.0. The number of nitro groups is 1. The minimum absolute atomic E-state index is 0.209. The molecule has 0 atom stereocenters. The number of nitrogens with zero attached hydrogens (tertiary/aromatic N) is 6. The van der Waals surface area contributed by atoms with Gasteiger partial charge in [0.15, 0.2) is 0 Å². The van der Waals surface area contributed by atoms with Crippen LogP contribution in [0.25, 0.3) is 21.5 Å². The molecule has 0 bridgehead atoms. The molecular formula is C33H33FN6O4Si. The van der Waals surface area contributed by atoms with Gasteiger partial charge in [-0.3, -0.25) is 4.68 Å². The SMILES string of the molecule is O=[N+]([O-])c1nccn1CCOCCOCc1cn(CCC[Si](F)(c2cccc3ccccc23)c2cccc3ccccc23)nn1. The van der Waals surface area contributed by atoms with E-state index in [1.807, 2.05) is 91.1 Å². The zero-order valence-corrected chi connectivity index (χ0v) is 25.7. The molecule has 0 saturated heterocycles. The molecule has 0 amide bonds. The Hall–Kier alpha value is -4.78. The Morgan fingerprint density at radius 3 is 2.16 bits per heavy atom. The van der Waals surface area contributed by atoms with Gasteiger partial charge in [-0.05, 0) is 49.3 Å². The number of hydrogen-bond acceptors (Lipinski definition) is 7. The third kappa shape index (κ3) is 6.82. The molecule has 0 aliphatic carbocycles. The van der Waals surface area contributed by atoms with Crippen LogP contribution in [0.4, 0.5) is 10.1 Å². The molecule has 2 aromatic heterocycles. The molecule has 0 aliphatic heterocycles. The Morgan fingerprint density at radius 2 is 1.47 bits per heavy atom. The zero-order valence-electron chi connectivity index (χ0n) is 24.7. The number of hydrogen-bond donors (Lipinski definition) is 0. The summed E-state index contributed by atoms with van der Waals surface area (Å²) < 4.78 is 32.2. The molecule has 0 radical (unpaired) electrons. The summed E-state index contributed by atoms with van der Waals surface area (Å²) in [5, 5.41) is 25.0. The predicted octanol–water partition coefficient (Wildman–Crippen LogP) is 5.04. The third-order valence-electron chi connectivity index (χ3n) is 7.88. The van der Waals surface area contributed by atoms with Gasteiger partial charge in [-0.25, -0.2) is 4.57 Å². The summed E-state index contributed by atoms with van der Waals surface area (Å²) in [6.45, 7) is 2.10. The Balaban J connectivity index is 1.06. The third-order valence-corrected chi connectivity index (χ3v) is 11.5. The highest BCUT2D eigenvalue weighted by Crippen LogP contribution is 2.25. The lowest BCUT2D eigenvalue weighted by atomic mass is 10.1. The van der Waals surface area contributed by atoms with Crippen molar-refractivity contribution in [2.75, 3.05) is 19.8 Å². The smallest absolute Gasteiger partial charge is 0.390 e. The fourth-order valence-corrected chi connectivity index (χ4v) is 9.27. The molecular weight excluding hydrogens is 591 g/mol. The molecule has 0 saturated carbocycles. The number of ether oxygens (including phenoxy) is 2. The van der Waals surface area contributed by atoms with E-state index in [1.165, 1.54) is 10.8 Å². The molecule has 6 aromatic rings. The molecule has 0 aliphatic rings. The van der Waals surface area contributed by atoms with Crippen LogP contribution in [0.1, 0.15) is 12.1 Å². The van der Waals surface area contributed by atoms with E-state index in [2.05, 4.69) is 15.3 Å². The van der Waals surface area contributed by atoms with Crippen molar-refractivity contribution in [1.29, 1.82) is 0 Å². The van der Waals surface area contributed by atoms with E-state index < -0.39 is 13.3 Å². The van der Waals surface area contributed by atoms with Crippen molar-refractivity contribution in [1.82, 2.24) is 24.5 Å². The minimum atomic E-state index is -3.68. The molecule has 4 aromatic carbocycles. The number of benzene rings is 4. The van der Waals surface area contributed by atoms with Gasteiger partial charge >= 0.3 is 14.4 Å². The summed E-state index contributed by atoms with van der Waals surface area (Å²) in [5.74, 6) is -0.209. The van der Waals surface area contributed by atoms with E-state index in [0.717, 1.165) is 31.9 Å². The van der Waals surface area contributed by atoms with Crippen LogP contribution in [0.15, 0.2) is 104 Å². The van der Waals surface area contributed by atoms with Crippen molar-refractivity contribution in [3.05, 3.63) is 119 Å². The summed E-state index contributed by atoms with van der Waals surface area (Å²) >= 11 is 0. The average Bonchev–Trinajstić information content (AvgIpc) is 3.73. The van der Waals surface area contributed by atoms with E-state index in [4.69, 9.17) is 9.47 Å². The Bertz CT molecular complexity index is 1820. The van der Waals surface area contributed by atoms with Crippen molar-refractivity contribution in [2.45, 2.75) is 32.2 Å². The highest BCUT2D eigenvalue weighted by atomic mass is 28.4. The predicted molar refractivity (Wildman–Crippen MR) is 173 cm³/mol. The van der Waals surface area contributed by atoms with Crippen LogP contribution < -0.4 is 10.4 Å². The molecule has 0 unspecified atom stereocenters.